The average Bonchev–Trinajstić information content (AvgIpc) is 2.34. The molecule has 1 rings (SSSR count). The Morgan fingerprint density at radius 2 is 2.29 bits per heavy atom. The Balaban J connectivity index is 2.54. The molecule has 0 aliphatic carbocycles. The Labute approximate surface area is 104 Å². The molecule has 1 heterocycles. The largest absolute Gasteiger partial charge is 0.340 e. The van der Waals surface area contributed by atoms with Gasteiger partial charge in [-0.1, -0.05) is 20.3 Å². The van der Waals surface area contributed by atoms with Crippen LogP contribution >= 0.6 is 0 Å². The third-order valence-corrected chi connectivity index (χ3v) is 3.00. The second-order valence-corrected chi connectivity index (χ2v) is 5.09. The number of hydrogen-bond donors (Lipinski definition) is 1. The molecule has 0 bridgehead atoms. The molecule has 4 heteroatoms. The van der Waals surface area contributed by atoms with Gasteiger partial charge in [-0.2, -0.15) is 5.26 Å². The molecule has 0 saturated carbocycles. The van der Waals surface area contributed by atoms with Crippen LogP contribution in [-0.2, 0) is 4.79 Å². The lowest BCUT2D eigenvalue weighted by Crippen LogP contribution is -2.49. The number of piperidine rings is 1. The lowest BCUT2D eigenvalue weighted by molar-refractivity contribution is -0.134. The highest BCUT2D eigenvalue weighted by Gasteiger charge is 2.25. The second kappa shape index (κ2) is 7.29. The van der Waals surface area contributed by atoms with Crippen LogP contribution in [0.15, 0.2) is 0 Å². The molecular formula is C13H23N3O. The van der Waals surface area contributed by atoms with Crippen molar-refractivity contribution in [1.82, 2.24) is 10.2 Å². The SMILES string of the molecule is CC(C)CN(CCC#N)C(=O)[C@H]1CCCCN1. The van der Waals surface area contributed by atoms with Crippen molar-refractivity contribution in [3.8, 4) is 6.07 Å². The van der Waals surface area contributed by atoms with Crippen molar-refractivity contribution in [2.24, 2.45) is 5.92 Å². The Morgan fingerprint density at radius 3 is 2.82 bits per heavy atom. The van der Waals surface area contributed by atoms with Crippen molar-refractivity contribution in [3.63, 3.8) is 0 Å². The topological polar surface area (TPSA) is 56.1 Å². The Bertz CT molecular complexity index is 277. The van der Waals surface area contributed by atoms with E-state index in [9.17, 15) is 4.79 Å². The number of rotatable bonds is 5. The molecule has 1 fully saturated rings. The molecule has 96 valence electrons. The lowest BCUT2D eigenvalue weighted by Gasteiger charge is -2.30. The number of hydrogen-bond acceptors (Lipinski definition) is 3. The van der Waals surface area contributed by atoms with Crippen LogP contribution in [0.1, 0.15) is 39.5 Å². The predicted octanol–water partition coefficient (Wildman–Crippen LogP) is 1.53. The van der Waals surface area contributed by atoms with Crippen LogP contribution in [-0.4, -0.2) is 36.5 Å². The first-order chi connectivity index (χ1) is 8.15. The van der Waals surface area contributed by atoms with E-state index in [0.717, 1.165) is 32.4 Å². The van der Waals surface area contributed by atoms with Gasteiger partial charge in [0, 0.05) is 13.1 Å². The van der Waals surface area contributed by atoms with Gasteiger partial charge >= 0.3 is 0 Å². The first kappa shape index (κ1) is 14.0. The number of carbonyl (C=O) groups is 1. The molecule has 1 aliphatic heterocycles. The monoisotopic (exact) mass is 237 g/mol. The van der Waals surface area contributed by atoms with E-state index in [0.29, 0.717) is 18.9 Å². The summed E-state index contributed by atoms with van der Waals surface area (Å²) in [5.41, 5.74) is 0. The van der Waals surface area contributed by atoms with Crippen LogP contribution in [0.5, 0.6) is 0 Å². The Hall–Kier alpha value is -1.08. The molecule has 0 unspecified atom stereocenters. The zero-order valence-corrected chi connectivity index (χ0v) is 10.9. The summed E-state index contributed by atoms with van der Waals surface area (Å²) in [6.07, 6.45) is 3.63. The van der Waals surface area contributed by atoms with E-state index in [1.54, 1.807) is 0 Å². The summed E-state index contributed by atoms with van der Waals surface area (Å²) in [6.45, 7) is 6.44. The van der Waals surface area contributed by atoms with Gasteiger partial charge in [0.15, 0.2) is 0 Å². The molecule has 1 aliphatic rings. The number of nitriles is 1. The van der Waals surface area contributed by atoms with Gasteiger partial charge in [0.2, 0.25) is 5.91 Å². The number of nitrogens with one attached hydrogen (secondary N) is 1. The van der Waals surface area contributed by atoms with Crippen LogP contribution in [0.2, 0.25) is 0 Å². The molecule has 1 N–H and O–H groups in total. The van der Waals surface area contributed by atoms with Gasteiger partial charge in [-0.15, -0.1) is 0 Å². The van der Waals surface area contributed by atoms with Crippen LogP contribution in [0.4, 0.5) is 0 Å². The van der Waals surface area contributed by atoms with Crippen molar-refractivity contribution in [3.05, 3.63) is 0 Å². The highest BCUT2D eigenvalue weighted by molar-refractivity contribution is 5.82. The zero-order valence-electron chi connectivity index (χ0n) is 10.9. The van der Waals surface area contributed by atoms with Crippen LogP contribution in [0.3, 0.4) is 0 Å². The quantitative estimate of drug-likeness (QED) is 0.789. The van der Waals surface area contributed by atoms with Gasteiger partial charge in [0.1, 0.15) is 0 Å². The molecule has 0 aromatic heterocycles. The highest BCUT2D eigenvalue weighted by atomic mass is 16.2. The molecule has 0 spiro atoms. The zero-order chi connectivity index (χ0) is 12.7. The standard InChI is InChI=1S/C13H23N3O/c1-11(2)10-16(9-5-7-14)13(17)12-6-3-4-8-15-12/h11-12,15H,3-6,8-10H2,1-2H3/t12-/m1/s1. The van der Waals surface area contributed by atoms with Gasteiger partial charge in [0.25, 0.3) is 0 Å². The summed E-state index contributed by atoms with van der Waals surface area (Å²) >= 11 is 0. The van der Waals surface area contributed by atoms with Crippen molar-refractivity contribution in [2.45, 2.75) is 45.6 Å². The third-order valence-electron chi connectivity index (χ3n) is 3.00. The van der Waals surface area contributed by atoms with Crippen LogP contribution in [0.25, 0.3) is 0 Å². The molecule has 0 aromatic carbocycles. The summed E-state index contributed by atoms with van der Waals surface area (Å²) in [4.78, 5) is 14.1. The number of nitrogens with zero attached hydrogens (tertiary/aromatic N) is 2. The fraction of sp³-hybridized carbons (Fsp3) is 0.846. The molecular weight excluding hydrogens is 214 g/mol. The molecule has 1 saturated heterocycles. The van der Waals surface area contributed by atoms with Gasteiger partial charge in [-0.3, -0.25) is 4.79 Å². The summed E-state index contributed by atoms with van der Waals surface area (Å²) in [7, 11) is 0. The Morgan fingerprint density at radius 1 is 1.53 bits per heavy atom. The van der Waals surface area contributed by atoms with Crippen LogP contribution < -0.4 is 5.32 Å². The van der Waals surface area contributed by atoms with Crippen molar-refractivity contribution in [1.29, 1.82) is 5.26 Å². The normalized spacial score (nSPS) is 20.0. The summed E-state index contributed by atoms with van der Waals surface area (Å²) in [6, 6.07) is 2.09. The number of amides is 1. The van der Waals surface area contributed by atoms with Crippen molar-refractivity contribution >= 4 is 5.91 Å². The second-order valence-electron chi connectivity index (χ2n) is 5.09. The van der Waals surface area contributed by atoms with E-state index in [1.165, 1.54) is 0 Å². The first-order valence-electron chi connectivity index (χ1n) is 6.54. The molecule has 0 aromatic rings. The van der Waals surface area contributed by atoms with Crippen LogP contribution in [0, 0.1) is 17.2 Å². The minimum Gasteiger partial charge on any atom is -0.340 e. The van der Waals surface area contributed by atoms with Gasteiger partial charge < -0.3 is 10.2 Å². The van der Waals surface area contributed by atoms with Gasteiger partial charge in [-0.25, -0.2) is 0 Å². The fourth-order valence-electron chi connectivity index (χ4n) is 2.20. The van der Waals surface area contributed by atoms with Crippen molar-refractivity contribution in [2.75, 3.05) is 19.6 Å². The first-order valence-corrected chi connectivity index (χ1v) is 6.54. The summed E-state index contributed by atoms with van der Waals surface area (Å²) in [5, 5.41) is 11.9. The highest BCUT2D eigenvalue weighted by Crippen LogP contribution is 2.11. The molecule has 0 radical (unpaired) electrons. The van der Waals surface area contributed by atoms with E-state index in [1.807, 2.05) is 4.90 Å². The summed E-state index contributed by atoms with van der Waals surface area (Å²) in [5.74, 6) is 0.620. The fourth-order valence-corrected chi connectivity index (χ4v) is 2.20. The van der Waals surface area contributed by atoms with Gasteiger partial charge in [-0.05, 0) is 25.3 Å². The molecule has 4 nitrogen and oxygen atoms in total. The maximum atomic E-state index is 12.3. The van der Waals surface area contributed by atoms with E-state index >= 15 is 0 Å². The van der Waals surface area contributed by atoms with E-state index in [4.69, 9.17) is 5.26 Å². The minimum absolute atomic E-state index is 0.0267. The molecule has 17 heavy (non-hydrogen) atoms. The maximum Gasteiger partial charge on any atom is 0.239 e. The minimum atomic E-state index is -0.0267. The smallest absolute Gasteiger partial charge is 0.239 e. The summed E-state index contributed by atoms with van der Waals surface area (Å²) < 4.78 is 0. The van der Waals surface area contributed by atoms with E-state index in [2.05, 4.69) is 25.2 Å². The molecule has 1 atom stereocenters. The van der Waals surface area contributed by atoms with E-state index < -0.39 is 0 Å². The molecule has 1 amide bonds. The average molecular weight is 237 g/mol. The van der Waals surface area contributed by atoms with Gasteiger partial charge in [0.05, 0.1) is 18.5 Å². The van der Waals surface area contributed by atoms with Crippen molar-refractivity contribution < 1.29 is 4.79 Å². The Kier molecular flexibility index (Phi) is 5.99. The predicted molar refractivity (Wildman–Crippen MR) is 67.3 cm³/mol. The van der Waals surface area contributed by atoms with E-state index in [-0.39, 0.29) is 11.9 Å². The maximum absolute atomic E-state index is 12.3. The number of carbonyl (C=O) groups excluding carboxylic acids is 1. The lowest BCUT2D eigenvalue weighted by atomic mass is 10.0. The third kappa shape index (κ3) is 4.74.